The molecule has 0 fully saturated rings. The molecule has 3 aromatic rings. The minimum atomic E-state index is -3.67. The number of hydrogen-bond donors (Lipinski definition) is 1. The standard InChI is InChI=1S/C21H22N2O2S/c1-14-10-11-18(12-15(14)2)21-17(4)16(3)13-20(22-21)23-26(24,25)19-8-6-5-7-9-19/h5-13H,1-4H3,(H,22,23). The summed E-state index contributed by atoms with van der Waals surface area (Å²) in [5.41, 5.74) is 6.18. The number of benzene rings is 2. The number of sulfonamides is 1. The molecule has 0 spiro atoms. The molecular weight excluding hydrogens is 344 g/mol. The molecule has 0 amide bonds. The van der Waals surface area contributed by atoms with Crippen molar-refractivity contribution in [2.24, 2.45) is 0 Å². The highest BCUT2D eigenvalue weighted by Crippen LogP contribution is 2.28. The molecule has 2 aromatic carbocycles. The van der Waals surface area contributed by atoms with E-state index in [-0.39, 0.29) is 4.90 Å². The number of nitrogens with zero attached hydrogens (tertiary/aromatic N) is 1. The number of aromatic nitrogens is 1. The van der Waals surface area contributed by atoms with E-state index in [0.29, 0.717) is 5.82 Å². The second kappa shape index (κ2) is 6.92. The van der Waals surface area contributed by atoms with E-state index >= 15 is 0 Å². The van der Waals surface area contributed by atoms with Crippen molar-refractivity contribution in [1.29, 1.82) is 0 Å². The Balaban J connectivity index is 2.05. The molecule has 0 atom stereocenters. The van der Waals surface area contributed by atoms with Gasteiger partial charge in [-0.05, 0) is 74.2 Å². The Morgan fingerprint density at radius 2 is 1.50 bits per heavy atom. The second-order valence-electron chi connectivity index (χ2n) is 6.52. The molecule has 1 aromatic heterocycles. The molecule has 1 heterocycles. The normalized spacial score (nSPS) is 11.4. The first-order valence-corrected chi connectivity index (χ1v) is 9.90. The van der Waals surface area contributed by atoms with E-state index in [1.807, 2.05) is 19.9 Å². The van der Waals surface area contributed by atoms with Gasteiger partial charge in [0.05, 0.1) is 10.6 Å². The van der Waals surface area contributed by atoms with Crippen LogP contribution in [-0.4, -0.2) is 13.4 Å². The Bertz CT molecular complexity index is 1060. The molecule has 1 N–H and O–H groups in total. The molecule has 0 aliphatic carbocycles. The summed E-state index contributed by atoms with van der Waals surface area (Å²) in [4.78, 5) is 4.81. The number of rotatable bonds is 4. The summed E-state index contributed by atoms with van der Waals surface area (Å²) in [5, 5.41) is 0. The molecule has 0 saturated carbocycles. The Hall–Kier alpha value is -2.66. The third kappa shape index (κ3) is 3.63. The molecule has 0 unspecified atom stereocenters. The van der Waals surface area contributed by atoms with Gasteiger partial charge in [0.25, 0.3) is 10.0 Å². The van der Waals surface area contributed by atoms with Gasteiger partial charge in [-0.3, -0.25) is 4.72 Å². The van der Waals surface area contributed by atoms with Crippen molar-refractivity contribution in [2.45, 2.75) is 32.6 Å². The van der Waals surface area contributed by atoms with Crippen LogP contribution in [0.1, 0.15) is 22.3 Å². The quantitative estimate of drug-likeness (QED) is 0.723. The van der Waals surface area contributed by atoms with Gasteiger partial charge in [-0.1, -0.05) is 30.3 Å². The maximum Gasteiger partial charge on any atom is 0.263 e. The number of anilines is 1. The molecule has 4 nitrogen and oxygen atoms in total. The first-order chi connectivity index (χ1) is 12.3. The largest absolute Gasteiger partial charge is 0.263 e. The van der Waals surface area contributed by atoms with Gasteiger partial charge in [-0.25, -0.2) is 13.4 Å². The van der Waals surface area contributed by atoms with Crippen LogP contribution in [0.5, 0.6) is 0 Å². The molecule has 134 valence electrons. The molecule has 26 heavy (non-hydrogen) atoms. The lowest BCUT2D eigenvalue weighted by molar-refractivity contribution is 0.601. The maximum absolute atomic E-state index is 12.6. The minimum Gasteiger partial charge on any atom is -0.263 e. The van der Waals surface area contributed by atoms with Crippen LogP contribution in [0, 0.1) is 27.7 Å². The summed E-state index contributed by atoms with van der Waals surface area (Å²) >= 11 is 0. The fourth-order valence-electron chi connectivity index (χ4n) is 2.75. The van der Waals surface area contributed by atoms with E-state index in [1.54, 1.807) is 36.4 Å². The van der Waals surface area contributed by atoms with Crippen molar-refractivity contribution in [3.8, 4) is 11.3 Å². The Morgan fingerprint density at radius 3 is 2.15 bits per heavy atom. The summed E-state index contributed by atoms with van der Waals surface area (Å²) in [6.45, 7) is 8.09. The van der Waals surface area contributed by atoms with E-state index in [4.69, 9.17) is 0 Å². The lowest BCUT2D eigenvalue weighted by Crippen LogP contribution is -2.14. The van der Waals surface area contributed by atoms with Gasteiger partial charge < -0.3 is 0 Å². The van der Waals surface area contributed by atoms with Crippen molar-refractivity contribution in [3.63, 3.8) is 0 Å². The fraction of sp³-hybridized carbons (Fsp3) is 0.190. The zero-order chi connectivity index (χ0) is 18.9. The van der Waals surface area contributed by atoms with Gasteiger partial charge in [0.15, 0.2) is 0 Å². The number of nitrogens with one attached hydrogen (secondary N) is 1. The second-order valence-corrected chi connectivity index (χ2v) is 8.20. The zero-order valence-electron chi connectivity index (χ0n) is 15.4. The summed E-state index contributed by atoms with van der Waals surface area (Å²) in [6, 6.07) is 16.2. The molecule has 0 aliphatic heterocycles. The zero-order valence-corrected chi connectivity index (χ0v) is 16.2. The van der Waals surface area contributed by atoms with Crippen LogP contribution in [-0.2, 0) is 10.0 Å². The monoisotopic (exact) mass is 366 g/mol. The van der Waals surface area contributed by atoms with Crippen molar-refractivity contribution in [2.75, 3.05) is 4.72 Å². The van der Waals surface area contributed by atoms with Crippen molar-refractivity contribution < 1.29 is 8.42 Å². The van der Waals surface area contributed by atoms with Gasteiger partial charge in [0.2, 0.25) is 0 Å². The van der Waals surface area contributed by atoms with Crippen LogP contribution in [0.2, 0.25) is 0 Å². The van der Waals surface area contributed by atoms with Gasteiger partial charge in [-0.2, -0.15) is 0 Å². The molecule has 0 saturated heterocycles. The Morgan fingerprint density at radius 1 is 0.808 bits per heavy atom. The highest BCUT2D eigenvalue weighted by atomic mass is 32.2. The van der Waals surface area contributed by atoms with E-state index in [2.05, 4.69) is 35.7 Å². The molecule has 5 heteroatoms. The lowest BCUT2D eigenvalue weighted by atomic mass is 9.99. The minimum absolute atomic E-state index is 0.216. The van der Waals surface area contributed by atoms with Crippen molar-refractivity contribution in [3.05, 3.63) is 76.9 Å². The fourth-order valence-corrected chi connectivity index (χ4v) is 3.77. The third-order valence-electron chi connectivity index (χ3n) is 4.60. The SMILES string of the molecule is Cc1ccc(-c2nc(NS(=O)(=O)c3ccccc3)cc(C)c2C)cc1C. The van der Waals surface area contributed by atoms with E-state index in [0.717, 1.165) is 22.4 Å². The predicted molar refractivity (Wildman–Crippen MR) is 106 cm³/mol. The number of hydrogen-bond acceptors (Lipinski definition) is 3. The first kappa shape index (κ1) is 18.1. The van der Waals surface area contributed by atoms with Crippen LogP contribution in [0.15, 0.2) is 59.5 Å². The topological polar surface area (TPSA) is 59.1 Å². The van der Waals surface area contributed by atoms with Crippen LogP contribution in [0.25, 0.3) is 11.3 Å². The summed E-state index contributed by atoms with van der Waals surface area (Å²) in [6.07, 6.45) is 0. The highest BCUT2D eigenvalue weighted by Gasteiger charge is 2.16. The van der Waals surface area contributed by atoms with Crippen LogP contribution in [0.4, 0.5) is 5.82 Å². The highest BCUT2D eigenvalue weighted by molar-refractivity contribution is 7.92. The molecule has 0 aliphatic rings. The lowest BCUT2D eigenvalue weighted by Gasteiger charge is -2.14. The van der Waals surface area contributed by atoms with Crippen LogP contribution < -0.4 is 4.72 Å². The van der Waals surface area contributed by atoms with E-state index in [9.17, 15) is 8.42 Å². The molecule has 0 bridgehead atoms. The average Bonchev–Trinajstić information content (AvgIpc) is 2.61. The van der Waals surface area contributed by atoms with E-state index < -0.39 is 10.0 Å². The Labute approximate surface area is 155 Å². The maximum atomic E-state index is 12.6. The van der Waals surface area contributed by atoms with E-state index in [1.165, 1.54) is 11.1 Å². The van der Waals surface area contributed by atoms with Crippen LogP contribution in [0.3, 0.4) is 0 Å². The third-order valence-corrected chi connectivity index (χ3v) is 5.98. The van der Waals surface area contributed by atoms with Crippen molar-refractivity contribution in [1.82, 2.24) is 4.98 Å². The van der Waals surface area contributed by atoms with Gasteiger partial charge in [0.1, 0.15) is 5.82 Å². The summed E-state index contributed by atoms with van der Waals surface area (Å²) in [5.74, 6) is 0.324. The number of pyridine rings is 1. The number of aryl methyl sites for hydroxylation is 3. The molecular formula is C21H22N2O2S. The summed E-state index contributed by atoms with van der Waals surface area (Å²) in [7, 11) is -3.67. The van der Waals surface area contributed by atoms with Gasteiger partial charge in [0, 0.05) is 5.56 Å². The predicted octanol–water partition coefficient (Wildman–Crippen LogP) is 4.78. The molecule has 3 rings (SSSR count). The first-order valence-electron chi connectivity index (χ1n) is 8.41. The van der Waals surface area contributed by atoms with Gasteiger partial charge >= 0.3 is 0 Å². The molecule has 0 radical (unpaired) electrons. The smallest absolute Gasteiger partial charge is 0.263 e. The van der Waals surface area contributed by atoms with Crippen LogP contribution >= 0.6 is 0 Å². The average molecular weight is 366 g/mol. The van der Waals surface area contributed by atoms with Gasteiger partial charge in [-0.15, -0.1) is 0 Å². The summed E-state index contributed by atoms with van der Waals surface area (Å²) < 4.78 is 27.8. The van der Waals surface area contributed by atoms with Crippen molar-refractivity contribution >= 4 is 15.8 Å². The Kier molecular flexibility index (Phi) is 4.83.